The zero-order chi connectivity index (χ0) is 23.4. The molecule has 176 valence electrons. The Hall–Kier alpha value is -3.23. The number of carbonyl (C=O) groups is 1. The van der Waals surface area contributed by atoms with Gasteiger partial charge in [0.1, 0.15) is 5.65 Å². The molecular weight excluding hydrogens is 428 g/mol. The minimum atomic E-state index is 0.0596. The minimum absolute atomic E-state index is 0.0596. The number of aryl methyl sites for hydroxylation is 1. The summed E-state index contributed by atoms with van der Waals surface area (Å²) in [4.78, 5) is 25.0. The highest BCUT2D eigenvalue weighted by Gasteiger charge is 2.46. The molecule has 0 radical (unpaired) electrons. The van der Waals surface area contributed by atoms with E-state index in [-0.39, 0.29) is 18.0 Å². The molecule has 0 unspecified atom stereocenters. The second kappa shape index (κ2) is 8.21. The number of ether oxygens (including phenoxy) is 1. The Morgan fingerprint density at radius 3 is 2.82 bits per heavy atom. The van der Waals surface area contributed by atoms with Crippen LogP contribution in [0.1, 0.15) is 30.1 Å². The van der Waals surface area contributed by atoms with Gasteiger partial charge >= 0.3 is 0 Å². The van der Waals surface area contributed by atoms with E-state index in [1.54, 1.807) is 7.11 Å². The molecule has 1 amide bonds. The lowest BCUT2D eigenvalue weighted by Crippen LogP contribution is -2.41. The molecule has 1 aliphatic heterocycles. The van der Waals surface area contributed by atoms with E-state index in [0.717, 1.165) is 59.5 Å². The van der Waals surface area contributed by atoms with Crippen molar-refractivity contribution in [3.63, 3.8) is 0 Å². The number of aromatic nitrogens is 4. The lowest BCUT2D eigenvalue weighted by atomic mass is 10.1. The van der Waals surface area contributed by atoms with Crippen LogP contribution in [0.15, 0.2) is 42.6 Å². The van der Waals surface area contributed by atoms with Crippen molar-refractivity contribution in [1.29, 1.82) is 0 Å². The van der Waals surface area contributed by atoms with Gasteiger partial charge in [0.15, 0.2) is 5.82 Å². The van der Waals surface area contributed by atoms with E-state index in [1.165, 1.54) is 0 Å². The van der Waals surface area contributed by atoms with Crippen LogP contribution in [-0.4, -0.2) is 62.3 Å². The Bertz CT molecular complexity index is 1390. The van der Waals surface area contributed by atoms with Gasteiger partial charge in [-0.25, -0.2) is 9.97 Å². The second-order valence-corrected chi connectivity index (χ2v) is 9.41. The number of nitrogens with two attached hydrogens (primary N) is 1. The van der Waals surface area contributed by atoms with Crippen LogP contribution in [0.25, 0.3) is 33.6 Å². The summed E-state index contributed by atoms with van der Waals surface area (Å²) in [5.41, 5.74) is 10.8. The highest BCUT2D eigenvalue weighted by atomic mass is 16.5. The number of imidazole rings is 1. The van der Waals surface area contributed by atoms with Crippen molar-refractivity contribution in [2.24, 2.45) is 11.7 Å². The number of pyridine rings is 1. The van der Waals surface area contributed by atoms with E-state index in [4.69, 9.17) is 15.5 Å². The van der Waals surface area contributed by atoms with Crippen molar-refractivity contribution in [3.05, 3.63) is 48.2 Å². The normalized spacial score (nSPS) is 21.9. The number of piperidine rings is 1. The van der Waals surface area contributed by atoms with Gasteiger partial charge in [0.25, 0.3) is 5.91 Å². The van der Waals surface area contributed by atoms with Crippen molar-refractivity contribution in [1.82, 2.24) is 24.0 Å². The third kappa shape index (κ3) is 3.16. The number of fused-ring (bicyclic) bond motifs is 4. The fourth-order valence-corrected chi connectivity index (χ4v) is 5.91. The standard InChI is InChI=1S/C26H30N6O2/c1-3-30-22(14-16-5-4-10-28-24(16)30)25-29-19-13-17(6-8-20(19)31(25)11-12-34-2)26(33)32-15-18-7-9-21(32)23(18)27/h4-6,8,10,13-14,18,21,23H,3,7,9,11-12,15,27H2,1-2H3/t18-,21-,23-/m1/s1. The maximum atomic E-state index is 13.4. The lowest BCUT2D eigenvalue weighted by molar-refractivity contribution is 0.0701. The van der Waals surface area contributed by atoms with Crippen molar-refractivity contribution in [2.45, 2.75) is 44.9 Å². The molecule has 6 rings (SSSR count). The first-order valence-electron chi connectivity index (χ1n) is 12.1. The fourth-order valence-electron chi connectivity index (χ4n) is 5.91. The number of hydrogen-bond acceptors (Lipinski definition) is 5. The first-order chi connectivity index (χ1) is 16.6. The largest absolute Gasteiger partial charge is 0.383 e. The second-order valence-electron chi connectivity index (χ2n) is 9.41. The maximum absolute atomic E-state index is 13.4. The van der Waals surface area contributed by atoms with Crippen LogP contribution in [0.4, 0.5) is 0 Å². The number of likely N-dealkylation sites (tertiary alicyclic amines) is 1. The quantitative estimate of drug-likeness (QED) is 0.479. The van der Waals surface area contributed by atoms with Crippen LogP contribution in [0.2, 0.25) is 0 Å². The predicted octanol–water partition coefficient (Wildman–Crippen LogP) is 3.28. The van der Waals surface area contributed by atoms with Crippen molar-refractivity contribution in [2.75, 3.05) is 20.3 Å². The van der Waals surface area contributed by atoms with Gasteiger partial charge in [0, 0.05) is 56.0 Å². The van der Waals surface area contributed by atoms with Crippen LogP contribution in [-0.2, 0) is 17.8 Å². The van der Waals surface area contributed by atoms with Crippen LogP contribution < -0.4 is 5.73 Å². The summed E-state index contributed by atoms with van der Waals surface area (Å²) in [6, 6.07) is 12.3. The molecule has 1 aliphatic carbocycles. The number of nitrogens with zero attached hydrogens (tertiary/aromatic N) is 5. The van der Waals surface area contributed by atoms with Crippen LogP contribution >= 0.6 is 0 Å². The third-order valence-corrected chi connectivity index (χ3v) is 7.63. The van der Waals surface area contributed by atoms with Crippen LogP contribution in [0, 0.1) is 5.92 Å². The summed E-state index contributed by atoms with van der Waals surface area (Å²) in [5, 5.41) is 1.08. The van der Waals surface area contributed by atoms with Crippen LogP contribution in [0.5, 0.6) is 0 Å². The van der Waals surface area contributed by atoms with Gasteiger partial charge < -0.3 is 24.5 Å². The highest BCUT2D eigenvalue weighted by Crippen LogP contribution is 2.38. The molecule has 34 heavy (non-hydrogen) atoms. The SMILES string of the molecule is CCn1c(-c2nc3cc(C(=O)N4C[C@H]5CC[C@@H]4[C@@H]5N)ccc3n2CCOC)cc2cccnc21. The number of amides is 1. The van der Waals surface area contributed by atoms with Gasteiger partial charge in [0.2, 0.25) is 0 Å². The summed E-state index contributed by atoms with van der Waals surface area (Å²) in [7, 11) is 1.71. The van der Waals surface area contributed by atoms with Gasteiger partial charge in [-0.3, -0.25) is 4.79 Å². The molecule has 4 heterocycles. The Kier molecular flexibility index (Phi) is 5.15. The summed E-state index contributed by atoms with van der Waals surface area (Å²) >= 11 is 0. The number of methoxy groups -OCH3 is 1. The molecule has 3 atom stereocenters. The number of benzene rings is 1. The Morgan fingerprint density at radius 2 is 2.09 bits per heavy atom. The van der Waals surface area contributed by atoms with Crippen molar-refractivity contribution >= 4 is 28.0 Å². The summed E-state index contributed by atoms with van der Waals surface area (Å²) in [6.07, 6.45) is 3.95. The molecule has 8 heteroatoms. The molecular formula is C26H30N6O2. The summed E-state index contributed by atoms with van der Waals surface area (Å²) in [6.45, 7) is 4.90. The monoisotopic (exact) mass is 458 g/mol. The topological polar surface area (TPSA) is 91.2 Å². The molecule has 1 aromatic carbocycles. The highest BCUT2D eigenvalue weighted by molar-refractivity contribution is 5.98. The van der Waals surface area contributed by atoms with Gasteiger partial charge in [-0.2, -0.15) is 0 Å². The third-order valence-electron chi connectivity index (χ3n) is 7.63. The molecule has 2 N–H and O–H groups in total. The molecule has 0 spiro atoms. The van der Waals surface area contributed by atoms with E-state index in [2.05, 4.69) is 33.2 Å². The number of rotatable bonds is 6. The summed E-state index contributed by atoms with van der Waals surface area (Å²) in [5.74, 6) is 1.35. The average molecular weight is 459 g/mol. The van der Waals surface area contributed by atoms with Gasteiger partial charge in [0.05, 0.1) is 23.3 Å². The van der Waals surface area contributed by atoms with Crippen LogP contribution in [0.3, 0.4) is 0 Å². The van der Waals surface area contributed by atoms with Crippen molar-refractivity contribution in [3.8, 4) is 11.5 Å². The van der Waals surface area contributed by atoms with Gasteiger partial charge in [-0.15, -0.1) is 0 Å². The number of carbonyl (C=O) groups excluding carboxylic acids is 1. The first-order valence-corrected chi connectivity index (χ1v) is 12.1. The van der Waals surface area contributed by atoms with E-state index in [0.29, 0.717) is 24.6 Å². The first kappa shape index (κ1) is 21.3. The Morgan fingerprint density at radius 1 is 1.21 bits per heavy atom. The average Bonchev–Trinajstić information content (AvgIpc) is 3.60. The molecule has 8 nitrogen and oxygen atoms in total. The predicted molar refractivity (Wildman–Crippen MR) is 132 cm³/mol. The zero-order valence-electron chi connectivity index (χ0n) is 19.6. The smallest absolute Gasteiger partial charge is 0.254 e. The van der Waals surface area contributed by atoms with E-state index < -0.39 is 0 Å². The van der Waals surface area contributed by atoms with Gasteiger partial charge in [-0.05, 0) is 62.1 Å². The fraction of sp³-hybridized carbons (Fsp3) is 0.423. The van der Waals surface area contributed by atoms with Gasteiger partial charge in [-0.1, -0.05) is 0 Å². The molecule has 2 aliphatic rings. The molecule has 2 fully saturated rings. The molecule has 1 saturated heterocycles. The Balaban J connectivity index is 1.45. The molecule has 3 aromatic heterocycles. The Labute approximate surface area is 198 Å². The molecule has 4 aromatic rings. The zero-order valence-corrected chi connectivity index (χ0v) is 19.6. The lowest BCUT2D eigenvalue weighted by Gasteiger charge is -2.27. The van der Waals surface area contributed by atoms with E-state index in [1.807, 2.05) is 35.4 Å². The minimum Gasteiger partial charge on any atom is -0.383 e. The van der Waals surface area contributed by atoms with E-state index >= 15 is 0 Å². The number of hydrogen-bond donors (Lipinski definition) is 1. The molecule has 1 saturated carbocycles. The van der Waals surface area contributed by atoms with Crippen molar-refractivity contribution < 1.29 is 9.53 Å². The van der Waals surface area contributed by atoms with E-state index in [9.17, 15) is 4.79 Å². The maximum Gasteiger partial charge on any atom is 0.254 e. The molecule has 2 bridgehead atoms. The summed E-state index contributed by atoms with van der Waals surface area (Å²) < 4.78 is 9.77.